The molecule has 1 atom stereocenters. The zero-order valence-electron chi connectivity index (χ0n) is 23.6. The van der Waals surface area contributed by atoms with Crippen LogP contribution in [0.3, 0.4) is 0 Å². The minimum atomic E-state index is -0.926. The zero-order chi connectivity index (χ0) is 29.2. The first-order chi connectivity index (χ1) is 18.6. The summed E-state index contributed by atoms with van der Waals surface area (Å²) in [6, 6.07) is 18.0. The second-order valence-corrected chi connectivity index (χ2v) is 9.50. The van der Waals surface area contributed by atoms with Crippen LogP contribution in [0.5, 0.6) is 0 Å². The average Bonchev–Trinajstić information content (AvgIpc) is 3.75. The van der Waals surface area contributed by atoms with Crippen molar-refractivity contribution in [3.8, 4) is 0 Å². The van der Waals surface area contributed by atoms with Gasteiger partial charge in [0.15, 0.2) is 0 Å². The topological polar surface area (TPSA) is 133 Å². The zero-order valence-corrected chi connectivity index (χ0v) is 23.6. The van der Waals surface area contributed by atoms with E-state index in [0.717, 1.165) is 12.8 Å². The van der Waals surface area contributed by atoms with Gasteiger partial charge in [-0.15, -0.1) is 0 Å². The summed E-state index contributed by atoms with van der Waals surface area (Å²) >= 11 is 0. The summed E-state index contributed by atoms with van der Waals surface area (Å²) in [6.45, 7) is 9.35. The highest BCUT2D eigenvalue weighted by Crippen LogP contribution is 2.18. The molecule has 0 heterocycles. The molecule has 0 radical (unpaired) electrons. The van der Waals surface area contributed by atoms with Crippen LogP contribution in [0.15, 0.2) is 60.7 Å². The molecule has 1 saturated carbocycles. The first-order valence-corrected chi connectivity index (χ1v) is 13.4. The minimum absolute atomic E-state index is 0.0569. The number of nitrogens with one attached hydrogen (secondary N) is 4. The maximum absolute atomic E-state index is 11.9. The Morgan fingerprint density at radius 2 is 1.33 bits per heavy atom. The summed E-state index contributed by atoms with van der Waals surface area (Å²) in [4.78, 5) is 58.7. The number of ketones is 1. The second kappa shape index (κ2) is 18.3. The van der Waals surface area contributed by atoms with Crippen LogP contribution in [0.1, 0.15) is 75.7 Å². The number of hydrogen-bond acceptors (Lipinski definition) is 5. The summed E-state index contributed by atoms with van der Waals surface area (Å²) < 4.78 is 0. The van der Waals surface area contributed by atoms with Gasteiger partial charge in [-0.25, -0.2) is 0 Å². The number of Topliss-reactive ketones (excluding diaryl/α,β-unsaturated/α-hetero) is 1. The molecule has 2 aromatic carbocycles. The highest BCUT2D eigenvalue weighted by molar-refractivity contribution is 6.37. The number of benzene rings is 2. The Morgan fingerprint density at radius 1 is 0.795 bits per heavy atom. The Balaban J connectivity index is 0.000000524. The van der Waals surface area contributed by atoms with Gasteiger partial charge in [-0.1, -0.05) is 82.6 Å². The van der Waals surface area contributed by atoms with Gasteiger partial charge in [0.2, 0.25) is 17.6 Å². The van der Waals surface area contributed by atoms with Crippen molar-refractivity contribution in [2.24, 2.45) is 0 Å². The van der Waals surface area contributed by atoms with Crippen molar-refractivity contribution < 1.29 is 24.0 Å². The van der Waals surface area contributed by atoms with Gasteiger partial charge in [0.1, 0.15) is 6.04 Å². The van der Waals surface area contributed by atoms with E-state index >= 15 is 0 Å². The lowest BCUT2D eigenvalue weighted by Gasteiger charge is -2.14. The predicted octanol–water partition coefficient (Wildman–Crippen LogP) is 3.11. The largest absolute Gasteiger partial charge is 0.347 e. The van der Waals surface area contributed by atoms with Gasteiger partial charge < -0.3 is 21.3 Å². The summed E-state index contributed by atoms with van der Waals surface area (Å²) in [5.74, 6) is -2.38. The van der Waals surface area contributed by atoms with E-state index in [2.05, 4.69) is 73.2 Å². The second-order valence-electron chi connectivity index (χ2n) is 9.50. The average molecular weight is 539 g/mol. The number of hydrogen-bond donors (Lipinski definition) is 4. The van der Waals surface area contributed by atoms with E-state index in [1.54, 1.807) is 30.3 Å². The molecule has 4 N–H and O–H groups in total. The van der Waals surface area contributed by atoms with Crippen LogP contribution in [0.25, 0.3) is 0 Å². The molecule has 1 unspecified atom stereocenters. The smallest absolute Gasteiger partial charge is 0.289 e. The summed E-state index contributed by atoms with van der Waals surface area (Å²) in [5.41, 5.74) is 1.83. The Labute approximate surface area is 231 Å². The van der Waals surface area contributed by atoms with E-state index in [0.29, 0.717) is 11.5 Å². The molecule has 9 nitrogen and oxygen atoms in total. The molecule has 2 aromatic rings. The first kappa shape index (κ1) is 33.0. The minimum Gasteiger partial charge on any atom is -0.347 e. The molecular weight excluding hydrogens is 496 g/mol. The number of amides is 4. The van der Waals surface area contributed by atoms with Crippen molar-refractivity contribution in [3.63, 3.8) is 0 Å². The molecule has 39 heavy (non-hydrogen) atoms. The highest BCUT2D eigenvalue weighted by Gasteiger charge is 2.26. The maximum atomic E-state index is 11.9. The van der Waals surface area contributed by atoms with Gasteiger partial charge in [0.25, 0.3) is 11.8 Å². The number of carbonyl (C=O) groups excluding carboxylic acids is 5. The van der Waals surface area contributed by atoms with Crippen LogP contribution in [-0.4, -0.2) is 54.6 Å². The Bertz CT molecular complexity index is 1050. The van der Waals surface area contributed by atoms with Crippen molar-refractivity contribution in [2.75, 3.05) is 13.1 Å². The normalized spacial score (nSPS) is 12.4. The van der Waals surface area contributed by atoms with Gasteiger partial charge in [-0.05, 0) is 43.4 Å². The van der Waals surface area contributed by atoms with Crippen LogP contribution in [0.4, 0.5) is 0 Å². The molecule has 4 amide bonds. The van der Waals surface area contributed by atoms with E-state index in [9.17, 15) is 24.0 Å². The summed E-state index contributed by atoms with van der Waals surface area (Å²) in [6.07, 6.45) is 2.96. The van der Waals surface area contributed by atoms with Gasteiger partial charge >= 0.3 is 0 Å². The molecule has 1 aliphatic rings. The molecule has 0 spiro atoms. The Morgan fingerprint density at radius 3 is 1.82 bits per heavy atom. The third-order valence-corrected chi connectivity index (χ3v) is 5.27. The Hall–Kier alpha value is -4.01. The Kier molecular flexibility index (Phi) is 15.5. The molecule has 9 heteroatoms. The molecule has 212 valence electrons. The molecule has 0 saturated heterocycles. The third kappa shape index (κ3) is 14.5. The maximum Gasteiger partial charge on any atom is 0.289 e. The standard InChI is InChI=1S/C18H22N4O5.C9H12.C3H8/c1-11(16(25)19-9-14(23)18(27)22-13-7-8-13)21-15(24)10-20-17(26)12-5-3-2-4-6-12;1-8(2)9-6-4-3-5-7-9;1-3-2/h2-6,11,13H,7-10H2,1H3,(H,19,25)(H,20,26)(H,21,24)(H,22,27);3-8H,1-2H3;3H2,1-2H3. The molecular formula is C30H42N4O5. The van der Waals surface area contributed by atoms with Gasteiger partial charge in [0, 0.05) is 11.6 Å². The molecule has 0 aromatic heterocycles. The fraction of sp³-hybridized carbons (Fsp3) is 0.433. The van der Waals surface area contributed by atoms with Crippen molar-refractivity contribution in [3.05, 3.63) is 71.8 Å². The van der Waals surface area contributed by atoms with Crippen molar-refractivity contribution >= 4 is 29.4 Å². The fourth-order valence-corrected chi connectivity index (χ4v) is 2.94. The van der Waals surface area contributed by atoms with E-state index in [4.69, 9.17) is 0 Å². The highest BCUT2D eigenvalue weighted by atomic mass is 16.2. The van der Waals surface area contributed by atoms with Gasteiger partial charge in [0.05, 0.1) is 13.1 Å². The lowest BCUT2D eigenvalue weighted by atomic mass is 10.0. The van der Waals surface area contributed by atoms with Crippen molar-refractivity contribution in [1.82, 2.24) is 21.3 Å². The van der Waals surface area contributed by atoms with Crippen LogP contribution >= 0.6 is 0 Å². The quantitative estimate of drug-likeness (QED) is 0.345. The van der Waals surface area contributed by atoms with Crippen molar-refractivity contribution in [2.45, 2.75) is 71.9 Å². The molecule has 3 rings (SSSR count). The molecule has 0 bridgehead atoms. The van der Waals surface area contributed by atoms with Gasteiger partial charge in [-0.3, -0.25) is 24.0 Å². The lowest BCUT2D eigenvalue weighted by Crippen LogP contribution is -2.49. The van der Waals surface area contributed by atoms with Crippen LogP contribution < -0.4 is 21.3 Å². The van der Waals surface area contributed by atoms with Gasteiger partial charge in [-0.2, -0.15) is 0 Å². The predicted molar refractivity (Wildman–Crippen MR) is 152 cm³/mol. The lowest BCUT2D eigenvalue weighted by molar-refractivity contribution is -0.138. The SMILES string of the molecule is CC(C)c1ccccc1.CC(NC(=O)CNC(=O)c1ccccc1)C(=O)NCC(=O)C(=O)NC1CC1.CCC. The van der Waals surface area contributed by atoms with Crippen LogP contribution in [0.2, 0.25) is 0 Å². The summed E-state index contributed by atoms with van der Waals surface area (Å²) in [7, 11) is 0. The van der Waals surface area contributed by atoms with E-state index in [1.165, 1.54) is 18.9 Å². The number of carbonyl (C=O) groups is 5. The monoisotopic (exact) mass is 538 g/mol. The van der Waals surface area contributed by atoms with Crippen LogP contribution in [0, 0.1) is 0 Å². The van der Waals surface area contributed by atoms with Crippen LogP contribution in [-0.2, 0) is 19.2 Å². The fourth-order valence-electron chi connectivity index (χ4n) is 2.94. The van der Waals surface area contributed by atoms with E-state index in [-0.39, 0.29) is 12.6 Å². The van der Waals surface area contributed by atoms with E-state index < -0.39 is 42.0 Å². The first-order valence-electron chi connectivity index (χ1n) is 13.4. The number of rotatable bonds is 10. The molecule has 0 aliphatic heterocycles. The summed E-state index contributed by atoms with van der Waals surface area (Å²) in [5, 5.41) is 9.68. The third-order valence-electron chi connectivity index (χ3n) is 5.27. The molecule has 1 aliphatic carbocycles. The van der Waals surface area contributed by atoms with E-state index in [1.807, 2.05) is 6.07 Å². The van der Waals surface area contributed by atoms with Crippen molar-refractivity contribution in [1.29, 1.82) is 0 Å². The molecule has 1 fully saturated rings.